The maximum atomic E-state index is 12.5. The smallest absolute Gasteiger partial charge is 0.236 e. The first-order chi connectivity index (χ1) is 11.7. The van der Waals surface area contributed by atoms with Crippen LogP contribution in [-0.2, 0) is 22.6 Å². The number of hydrogen-bond acceptors (Lipinski definition) is 5. The molecule has 2 heterocycles. The third-order valence-corrected chi connectivity index (χ3v) is 4.13. The molecular formula is C17H23N5O2. The van der Waals surface area contributed by atoms with E-state index in [4.69, 9.17) is 4.74 Å². The molecule has 128 valence electrons. The summed E-state index contributed by atoms with van der Waals surface area (Å²) >= 11 is 0. The zero-order valence-corrected chi connectivity index (χ0v) is 13.9. The Bertz CT molecular complexity index is 632. The molecule has 1 saturated heterocycles. The maximum absolute atomic E-state index is 12.5. The number of amides is 1. The highest BCUT2D eigenvalue weighted by molar-refractivity contribution is 5.78. The van der Waals surface area contributed by atoms with E-state index in [1.165, 1.54) is 6.33 Å². The van der Waals surface area contributed by atoms with Crippen LogP contribution in [0.1, 0.15) is 5.56 Å². The van der Waals surface area contributed by atoms with Crippen molar-refractivity contribution in [3.63, 3.8) is 0 Å². The molecule has 1 atom stereocenters. The third kappa shape index (κ3) is 4.62. The predicted octanol–water partition coefficient (Wildman–Crippen LogP) is 0.637. The molecule has 2 aromatic rings. The van der Waals surface area contributed by atoms with Crippen molar-refractivity contribution >= 4 is 5.91 Å². The highest BCUT2D eigenvalue weighted by Crippen LogP contribution is 2.09. The fourth-order valence-corrected chi connectivity index (χ4v) is 2.83. The number of nitrogens with zero attached hydrogens (tertiary/aromatic N) is 5. The monoisotopic (exact) mass is 329 g/mol. The Labute approximate surface area is 141 Å². The van der Waals surface area contributed by atoms with Crippen molar-refractivity contribution in [1.29, 1.82) is 0 Å². The zero-order chi connectivity index (χ0) is 16.8. The number of likely N-dealkylation sites (N-methyl/N-ethyl adjacent to an activating group) is 1. The van der Waals surface area contributed by atoms with Gasteiger partial charge in [0.15, 0.2) is 0 Å². The van der Waals surface area contributed by atoms with Crippen LogP contribution in [0.25, 0.3) is 0 Å². The van der Waals surface area contributed by atoms with Crippen LogP contribution < -0.4 is 0 Å². The van der Waals surface area contributed by atoms with E-state index in [1.54, 1.807) is 15.9 Å². The highest BCUT2D eigenvalue weighted by atomic mass is 16.5. The van der Waals surface area contributed by atoms with E-state index in [2.05, 4.69) is 15.0 Å². The molecule has 0 spiro atoms. The van der Waals surface area contributed by atoms with Gasteiger partial charge < -0.3 is 9.64 Å². The van der Waals surface area contributed by atoms with E-state index in [1.807, 2.05) is 37.4 Å². The van der Waals surface area contributed by atoms with Crippen LogP contribution in [0.4, 0.5) is 0 Å². The summed E-state index contributed by atoms with van der Waals surface area (Å²) in [6.07, 6.45) is 3.23. The van der Waals surface area contributed by atoms with Crippen LogP contribution in [0.15, 0.2) is 43.0 Å². The second kappa shape index (κ2) is 8.03. The van der Waals surface area contributed by atoms with Crippen LogP contribution in [0.2, 0.25) is 0 Å². The molecule has 7 heteroatoms. The first-order valence-electron chi connectivity index (χ1n) is 8.15. The van der Waals surface area contributed by atoms with Crippen LogP contribution in [-0.4, -0.2) is 69.9 Å². The second-order valence-electron chi connectivity index (χ2n) is 6.08. The summed E-state index contributed by atoms with van der Waals surface area (Å²) in [4.78, 5) is 20.3. The summed E-state index contributed by atoms with van der Waals surface area (Å²) < 4.78 is 7.53. The minimum absolute atomic E-state index is 0.0349. The first-order valence-corrected chi connectivity index (χ1v) is 8.15. The summed E-state index contributed by atoms with van der Waals surface area (Å²) in [5.41, 5.74) is 1.14. The second-order valence-corrected chi connectivity index (χ2v) is 6.08. The van der Waals surface area contributed by atoms with E-state index in [9.17, 15) is 4.79 Å². The number of carbonyl (C=O) groups is 1. The topological polar surface area (TPSA) is 63.5 Å². The standard InChI is InChI=1S/C17H23N5O2/c1-20(9-15-5-3-2-4-6-15)17(23)12-21-7-8-24-16(10-21)11-22-14-18-13-19-22/h2-6,13-14,16H,7-12H2,1H3/t16-/m0/s1. The molecule has 0 bridgehead atoms. The normalized spacial score (nSPS) is 18.5. The number of aromatic nitrogens is 3. The number of hydrogen-bond donors (Lipinski definition) is 0. The summed E-state index contributed by atoms with van der Waals surface area (Å²) in [5, 5.41) is 4.10. The lowest BCUT2D eigenvalue weighted by Gasteiger charge is -2.33. The van der Waals surface area contributed by atoms with Gasteiger partial charge in [0.2, 0.25) is 5.91 Å². The van der Waals surface area contributed by atoms with Gasteiger partial charge in [0.05, 0.1) is 25.8 Å². The maximum Gasteiger partial charge on any atom is 0.236 e. The molecule has 3 rings (SSSR count). The predicted molar refractivity (Wildman–Crippen MR) is 89.1 cm³/mol. The molecule has 0 aliphatic carbocycles. The van der Waals surface area contributed by atoms with Gasteiger partial charge in [0.25, 0.3) is 0 Å². The quantitative estimate of drug-likeness (QED) is 0.778. The van der Waals surface area contributed by atoms with Crippen molar-refractivity contribution in [2.75, 3.05) is 33.3 Å². The molecule has 1 fully saturated rings. The van der Waals surface area contributed by atoms with E-state index in [-0.39, 0.29) is 12.0 Å². The highest BCUT2D eigenvalue weighted by Gasteiger charge is 2.23. The van der Waals surface area contributed by atoms with Crippen molar-refractivity contribution in [2.45, 2.75) is 19.2 Å². The Hall–Kier alpha value is -2.25. The molecule has 1 aliphatic heterocycles. The van der Waals surface area contributed by atoms with Crippen LogP contribution in [0, 0.1) is 0 Å². The molecule has 0 unspecified atom stereocenters. The van der Waals surface area contributed by atoms with Gasteiger partial charge in [-0.25, -0.2) is 4.98 Å². The molecule has 1 aliphatic rings. The largest absolute Gasteiger partial charge is 0.374 e. The Morgan fingerprint density at radius 1 is 1.38 bits per heavy atom. The van der Waals surface area contributed by atoms with Crippen molar-refractivity contribution in [2.24, 2.45) is 0 Å². The Morgan fingerprint density at radius 2 is 2.21 bits per heavy atom. The number of rotatable bonds is 6. The fraction of sp³-hybridized carbons (Fsp3) is 0.471. The average molecular weight is 329 g/mol. The minimum atomic E-state index is 0.0349. The van der Waals surface area contributed by atoms with E-state index in [0.29, 0.717) is 26.2 Å². The summed E-state index contributed by atoms with van der Waals surface area (Å²) in [5.74, 6) is 0.125. The molecule has 0 radical (unpaired) electrons. The third-order valence-electron chi connectivity index (χ3n) is 4.13. The summed E-state index contributed by atoms with van der Waals surface area (Å²) in [7, 11) is 1.85. The average Bonchev–Trinajstić information content (AvgIpc) is 3.09. The SMILES string of the molecule is CN(Cc1ccccc1)C(=O)CN1CCO[C@H](Cn2cncn2)C1. The van der Waals surface area contributed by atoms with Crippen LogP contribution in [0.3, 0.4) is 0 Å². The number of ether oxygens (including phenoxy) is 1. The lowest BCUT2D eigenvalue weighted by Crippen LogP contribution is -2.48. The van der Waals surface area contributed by atoms with E-state index in [0.717, 1.165) is 18.7 Å². The molecule has 7 nitrogen and oxygen atoms in total. The van der Waals surface area contributed by atoms with Gasteiger partial charge >= 0.3 is 0 Å². The zero-order valence-electron chi connectivity index (χ0n) is 13.9. The van der Waals surface area contributed by atoms with Crippen molar-refractivity contribution in [1.82, 2.24) is 24.6 Å². The van der Waals surface area contributed by atoms with Crippen molar-refractivity contribution in [3.05, 3.63) is 48.5 Å². The van der Waals surface area contributed by atoms with E-state index >= 15 is 0 Å². The lowest BCUT2D eigenvalue weighted by atomic mass is 10.2. The molecular weight excluding hydrogens is 306 g/mol. The van der Waals surface area contributed by atoms with Gasteiger partial charge in [0, 0.05) is 26.7 Å². The molecule has 0 N–H and O–H groups in total. The molecule has 1 aromatic carbocycles. The van der Waals surface area contributed by atoms with Gasteiger partial charge in [-0.15, -0.1) is 0 Å². The Kier molecular flexibility index (Phi) is 5.55. The number of morpholine rings is 1. The van der Waals surface area contributed by atoms with Gasteiger partial charge in [-0.05, 0) is 5.56 Å². The van der Waals surface area contributed by atoms with Crippen LogP contribution in [0.5, 0.6) is 0 Å². The number of benzene rings is 1. The van der Waals surface area contributed by atoms with Crippen molar-refractivity contribution < 1.29 is 9.53 Å². The van der Waals surface area contributed by atoms with Crippen molar-refractivity contribution in [3.8, 4) is 0 Å². The van der Waals surface area contributed by atoms with Gasteiger partial charge in [0.1, 0.15) is 12.7 Å². The fourth-order valence-electron chi connectivity index (χ4n) is 2.83. The Morgan fingerprint density at radius 3 is 2.96 bits per heavy atom. The first kappa shape index (κ1) is 16.6. The van der Waals surface area contributed by atoms with Gasteiger partial charge in [-0.3, -0.25) is 14.4 Å². The lowest BCUT2D eigenvalue weighted by molar-refractivity contribution is -0.133. The number of carbonyl (C=O) groups excluding carboxylic acids is 1. The minimum Gasteiger partial charge on any atom is -0.374 e. The van der Waals surface area contributed by atoms with E-state index < -0.39 is 0 Å². The molecule has 1 amide bonds. The summed E-state index contributed by atoms with van der Waals surface area (Å²) in [6, 6.07) is 10.0. The molecule has 0 saturated carbocycles. The van der Waals surface area contributed by atoms with Gasteiger partial charge in [-0.2, -0.15) is 5.10 Å². The Balaban J connectivity index is 1.48. The van der Waals surface area contributed by atoms with Gasteiger partial charge in [-0.1, -0.05) is 30.3 Å². The molecule has 1 aromatic heterocycles. The van der Waals surface area contributed by atoms with Crippen LogP contribution >= 0.6 is 0 Å². The molecule has 24 heavy (non-hydrogen) atoms. The summed E-state index contributed by atoms with van der Waals surface area (Å²) in [6.45, 7) is 3.84.